The molecule has 6 N–H and O–H groups in total. The van der Waals surface area contributed by atoms with E-state index in [1.54, 1.807) is 54.6 Å². The minimum absolute atomic E-state index is 0.0712. The minimum atomic E-state index is -4.03. The second-order valence-corrected chi connectivity index (χ2v) is 22.2. The zero-order chi connectivity index (χ0) is 54.4. The summed E-state index contributed by atoms with van der Waals surface area (Å²) in [6.07, 6.45) is 4.13. The number of anilines is 1. The van der Waals surface area contributed by atoms with Crippen molar-refractivity contribution in [2.24, 2.45) is 11.8 Å². The summed E-state index contributed by atoms with van der Waals surface area (Å²) in [5.41, 5.74) is 9.81. The number of nitrogens with one attached hydrogen (secondary N) is 4. The smallest absolute Gasteiger partial charge is 0.286 e. The first-order valence-corrected chi connectivity index (χ1v) is 27.8. The van der Waals surface area contributed by atoms with Gasteiger partial charge in [-0.25, -0.2) is 35.1 Å². The predicted molar refractivity (Wildman–Crippen MR) is 287 cm³/mol. The third-order valence-corrected chi connectivity index (χ3v) is 16.4. The highest BCUT2D eigenvalue weighted by Gasteiger charge is 2.32. The number of nitrogens with zero attached hydrogens (tertiary/aromatic N) is 1. The molecule has 0 spiro atoms. The fraction of sp³-hybridized carbons (Fsp3) is 0.276. The van der Waals surface area contributed by atoms with Crippen LogP contribution in [0.5, 0.6) is 0 Å². The standard InChI is InChI=1S/C29H28FN3O5S.C29H30FN3O3S/c1-20(22-9-14-25(30)15-10-22)31-29(34)24-11-16-26(17-12-24)32-39(37,38)27-18-13-23(28(19-27)33(35)36)8-7-21-5-3-2-4-6-21;1-20(22-9-14-25(30)15-10-22)32-29(34)24-11-16-26(17-12-24)33-37(35,36)27-18-13-23(28(31)19-27)8-7-21-5-3-2-4-6-21/h2-6,9-10,13-15,18-20,24,26,32H,11-12,16-17H2,1H3,(H,31,34);2-6,9-10,13-15,18-20,24,26,33H,11-12,16-17,31H2,1H3,(H,32,34)/t2*20-,24?,26?/m11/s1. The SMILES string of the molecule is C[C@@H](NC(=O)C1CCC(NS(=O)(=O)c2ccc(C#Cc3ccccc3)c(N)c2)CC1)c1ccc(F)cc1.C[C@@H](NC(=O)C1CCC(NS(=O)(=O)c2ccc(C#Cc3ccccc3)c([N+](=O)[O-])c2)CC1)c1ccc(F)cc1. The number of carbonyl (C=O) groups is 2. The normalized spacial score (nSPS) is 18.1. The van der Waals surface area contributed by atoms with Gasteiger partial charge >= 0.3 is 0 Å². The molecule has 0 bridgehead atoms. The number of hydrogen-bond donors (Lipinski definition) is 5. The molecule has 8 rings (SSSR count). The lowest BCUT2D eigenvalue weighted by Crippen LogP contribution is -2.41. The molecule has 2 fully saturated rings. The molecule has 76 heavy (non-hydrogen) atoms. The summed E-state index contributed by atoms with van der Waals surface area (Å²) < 4.78 is 83.7. The van der Waals surface area contributed by atoms with Crippen LogP contribution in [0.4, 0.5) is 20.2 Å². The third kappa shape index (κ3) is 15.7. The Bertz CT molecular complexity index is 3370. The van der Waals surface area contributed by atoms with Crippen LogP contribution in [0, 0.1) is 57.3 Å². The van der Waals surface area contributed by atoms with Crippen molar-refractivity contribution < 1.29 is 40.1 Å². The lowest BCUT2D eigenvalue weighted by molar-refractivity contribution is -0.385. The van der Waals surface area contributed by atoms with E-state index in [4.69, 9.17) is 5.73 Å². The molecule has 6 aromatic carbocycles. The summed E-state index contributed by atoms with van der Waals surface area (Å²) in [4.78, 5) is 36.3. The van der Waals surface area contributed by atoms with Gasteiger partial charge in [-0.05, 0) is 155 Å². The van der Waals surface area contributed by atoms with Gasteiger partial charge in [-0.3, -0.25) is 19.7 Å². The van der Waals surface area contributed by atoms with E-state index in [1.165, 1.54) is 48.5 Å². The van der Waals surface area contributed by atoms with Crippen molar-refractivity contribution in [2.45, 2.75) is 99.2 Å². The van der Waals surface area contributed by atoms with Gasteiger partial charge in [-0.15, -0.1) is 0 Å². The lowest BCUT2D eigenvalue weighted by atomic mass is 9.85. The Morgan fingerprint density at radius 1 is 0.553 bits per heavy atom. The molecule has 2 aliphatic carbocycles. The Balaban J connectivity index is 0.000000221. The molecule has 0 saturated heterocycles. The highest BCUT2D eigenvalue weighted by molar-refractivity contribution is 7.89. The van der Waals surface area contributed by atoms with Crippen LogP contribution in [-0.2, 0) is 29.6 Å². The first kappa shape index (κ1) is 56.0. The molecule has 2 saturated carbocycles. The maximum atomic E-state index is 13.2. The molecule has 0 radical (unpaired) electrons. The number of halogens is 2. The summed E-state index contributed by atoms with van der Waals surface area (Å²) >= 11 is 0. The van der Waals surface area contributed by atoms with Crippen LogP contribution in [0.1, 0.15) is 111 Å². The van der Waals surface area contributed by atoms with E-state index in [-0.39, 0.29) is 68.8 Å². The van der Waals surface area contributed by atoms with Gasteiger partial charge in [0.1, 0.15) is 17.2 Å². The Kier molecular flexibility index (Phi) is 18.9. The Morgan fingerprint density at radius 3 is 1.33 bits per heavy atom. The zero-order valence-electron chi connectivity index (χ0n) is 41.8. The highest BCUT2D eigenvalue weighted by atomic mass is 32.2. The van der Waals surface area contributed by atoms with Crippen molar-refractivity contribution in [2.75, 3.05) is 5.73 Å². The van der Waals surface area contributed by atoms with E-state index in [1.807, 2.05) is 50.2 Å². The number of nitro benzene ring substituents is 1. The van der Waals surface area contributed by atoms with Gasteiger partial charge in [0, 0.05) is 52.4 Å². The summed E-state index contributed by atoms with van der Waals surface area (Å²) in [5.74, 6) is 10.3. The first-order valence-electron chi connectivity index (χ1n) is 24.8. The van der Waals surface area contributed by atoms with Gasteiger partial charge in [0.2, 0.25) is 31.9 Å². The van der Waals surface area contributed by atoms with E-state index in [0.29, 0.717) is 68.2 Å². The van der Waals surface area contributed by atoms with Crippen LogP contribution in [-0.4, -0.2) is 45.7 Å². The largest absolute Gasteiger partial charge is 0.398 e. The molecule has 394 valence electrons. The van der Waals surface area contributed by atoms with E-state index in [2.05, 4.69) is 43.8 Å². The van der Waals surface area contributed by atoms with Crippen molar-refractivity contribution in [1.82, 2.24) is 20.1 Å². The molecular weight excluding hydrogens is 1010 g/mol. The molecule has 18 heteroatoms. The minimum Gasteiger partial charge on any atom is -0.398 e. The van der Waals surface area contributed by atoms with Gasteiger partial charge in [0.05, 0.1) is 26.8 Å². The maximum Gasteiger partial charge on any atom is 0.286 e. The average Bonchev–Trinajstić information content (AvgIpc) is 3.41. The molecule has 2 atom stereocenters. The second-order valence-electron chi connectivity index (χ2n) is 18.8. The van der Waals surface area contributed by atoms with Gasteiger partial charge in [-0.2, -0.15) is 0 Å². The van der Waals surface area contributed by atoms with Crippen LogP contribution in [0.15, 0.2) is 155 Å². The second kappa shape index (κ2) is 25.7. The quantitative estimate of drug-likeness (QED) is 0.0322. The van der Waals surface area contributed by atoms with Crippen molar-refractivity contribution in [1.29, 1.82) is 0 Å². The molecule has 2 amide bonds. The topological polar surface area (TPSA) is 220 Å². The molecule has 0 heterocycles. The number of nitro groups is 1. The van der Waals surface area contributed by atoms with Crippen molar-refractivity contribution in [3.05, 3.63) is 201 Å². The number of nitrogen functional groups attached to an aromatic ring is 1. The fourth-order valence-electron chi connectivity index (χ4n) is 8.93. The molecule has 0 aliphatic heterocycles. The van der Waals surface area contributed by atoms with E-state index in [9.17, 15) is 45.3 Å². The van der Waals surface area contributed by atoms with Gasteiger partial charge < -0.3 is 16.4 Å². The monoisotopic (exact) mass is 1070 g/mol. The molecule has 14 nitrogen and oxygen atoms in total. The molecule has 0 unspecified atom stereocenters. The van der Waals surface area contributed by atoms with E-state index >= 15 is 0 Å². The number of nitrogens with two attached hydrogens (primary N) is 1. The van der Waals surface area contributed by atoms with Crippen LogP contribution < -0.4 is 25.8 Å². The maximum absolute atomic E-state index is 13.2. The summed E-state index contributed by atoms with van der Waals surface area (Å²) in [6.45, 7) is 3.68. The Labute approximate surface area is 442 Å². The predicted octanol–water partition coefficient (Wildman–Crippen LogP) is 9.37. The molecule has 0 aromatic heterocycles. The van der Waals surface area contributed by atoms with Crippen LogP contribution in [0.3, 0.4) is 0 Å². The van der Waals surface area contributed by atoms with E-state index < -0.39 is 36.7 Å². The first-order chi connectivity index (χ1) is 36.3. The highest BCUT2D eigenvalue weighted by Crippen LogP contribution is 2.30. The van der Waals surface area contributed by atoms with Crippen molar-refractivity contribution >= 4 is 43.2 Å². The summed E-state index contributed by atoms with van der Waals surface area (Å²) in [6, 6.07) is 37.4. The Morgan fingerprint density at radius 2 is 0.934 bits per heavy atom. The van der Waals surface area contributed by atoms with Gasteiger partial charge in [0.25, 0.3) is 5.69 Å². The van der Waals surface area contributed by atoms with Crippen molar-refractivity contribution in [3.8, 4) is 23.7 Å². The summed E-state index contributed by atoms with van der Waals surface area (Å²) in [5, 5.41) is 17.6. The fourth-order valence-corrected chi connectivity index (χ4v) is 11.6. The average molecular weight is 1070 g/mol. The molecular formula is C58H58F2N6O8S2. The summed E-state index contributed by atoms with van der Waals surface area (Å²) in [7, 11) is -7.80. The Hall–Kier alpha value is -7.74. The number of amides is 2. The number of sulfonamides is 2. The molecule has 6 aromatic rings. The van der Waals surface area contributed by atoms with Crippen LogP contribution >= 0.6 is 0 Å². The molecule has 2 aliphatic rings. The number of benzene rings is 6. The zero-order valence-corrected chi connectivity index (χ0v) is 43.5. The number of rotatable bonds is 13. The van der Waals surface area contributed by atoms with E-state index in [0.717, 1.165) is 22.8 Å². The van der Waals surface area contributed by atoms with Gasteiger partial charge in [0.15, 0.2) is 0 Å². The van der Waals surface area contributed by atoms with Crippen molar-refractivity contribution in [3.63, 3.8) is 0 Å². The third-order valence-electron chi connectivity index (χ3n) is 13.3. The van der Waals surface area contributed by atoms with Crippen LogP contribution in [0.2, 0.25) is 0 Å². The van der Waals surface area contributed by atoms with Gasteiger partial charge in [-0.1, -0.05) is 84.3 Å². The lowest BCUT2D eigenvalue weighted by Gasteiger charge is -2.29. The number of hydrogen-bond acceptors (Lipinski definition) is 9. The number of carbonyl (C=O) groups excluding carboxylic acids is 2. The van der Waals surface area contributed by atoms with Crippen LogP contribution in [0.25, 0.3) is 0 Å².